The Hall–Kier alpha value is -1.43. The van der Waals surface area contributed by atoms with Gasteiger partial charge in [-0.1, -0.05) is 30.3 Å². The second kappa shape index (κ2) is 6.83. The van der Waals surface area contributed by atoms with E-state index in [4.69, 9.17) is 0 Å². The zero-order valence-corrected chi connectivity index (χ0v) is 12.0. The summed E-state index contributed by atoms with van der Waals surface area (Å²) in [5.41, 5.74) is 1.18. The van der Waals surface area contributed by atoms with Gasteiger partial charge in [-0.15, -0.1) is 0 Å². The molecule has 0 saturated carbocycles. The Morgan fingerprint density at radius 1 is 1.45 bits per heavy atom. The van der Waals surface area contributed by atoms with Gasteiger partial charge < -0.3 is 20.6 Å². The third-order valence-corrected chi connectivity index (χ3v) is 3.70. The Morgan fingerprint density at radius 2 is 2.15 bits per heavy atom. The molecule has 5 heteroatoms. The first-order chi connectivity index (χ1) is 9.58. The van der Waals surface area contributed by atoms with Crippen molar-refractivity contribution >= 4 is 5.91 Å². The molecule has 1 saturated heterocycles. The molecule has 1 heterocycles. The number of benzene rings is 1. The molecule has 3 N–H and O–H groups in total. The van der Waals surface area contributed by atoms with Gasteiger partial charge in [-0.3, -0.25) is 4.79 Å². The lowest BCUT2D eigenvalue weighted by molar-refractivity contribution is -0.123. The first kappa shape index (κ1) is 15.0. The normalized spacial score (nSPS) is 23.8. The molecule has 110 valence electrons. The Morgan fingerprint density at radius 3 is 2.70 bits per heavy atom. The first-order valence-corrected chi connectivity index (χ1v) is 6.98. The summed E-state index contributed by atoms with van der Waals surface area (Å²) in [4.78, 5) is 14.1. The minimum atomic E-state index is -0.412. The first-order valence-electron chi connectivity index (χ1n) is 6.98. The van der Waals surface area contributed by atoms with Crippen LogP contribution in [0.5, 0.6) is 0 Å². The number of aliphatic hydroxyl groups excluding tert-OH is 1. The number of amides is 1. The molecule has 1 aromatic rings. The molecule has 1 amide bonds. The lowest BCUT2D eigenvalue weighted by Crippen LogP contribution is -2.43. The molecular formula is C15H23N3O2. The molecule has 20 heavy (non-hydrogen) atoms. The topological polar surface area (TPSA) is 64.6 Å². The molecule has 1 aliphatic heterocycles. The van der Waals surface area contributed by atoms with Gasteiger partial charge in [0.2, 0.25) is 5.91 Å². The maximum absolute atomic E-state index is 12.0. The Bertz CT molecular complexity index is 436. The third kappa shape index (κ3) is 3.79. The van der Waals surface area contributed by atoms with Crippen molar-refractivity contribution < 1.29 is 9.90 Å². The van der Waals surface area contributed by atoms with Crippen molar-refractivity contribution in [1.82, 2.24) is 15.5 Å². The Labute approximate surface area is 120 Å². The van der Waals surface area contributed by atoms with Crippen LogP contribution in [0, 0.1) is 0 Å². The van der Waals surface area contributed by atoms with Crippen molar-refractivity contribution in [1.29, 1.82) is 0 Å². The third-order valence-electron chi connectivity index (χ3n) is 3.70. The molecule has 0 radical (unpaired) electrons. The van der Waals surface area contributed by atoms with Gasteiger partial charge in [0.05, 0.1) is 18.2 Å². The van der Waals surface area contributed by atoms with Gasteiger partial charge in [0.15, 0.2) is 0 Å². The highest BCUT2D eigenvalue weighted by atomic mass is 16.3. The summed E-state index contributed by atoms with van der Waals surface area (Å²) in [6, 6.07) is 9.99. The zero-order valence-electron chi connectivity index (χ0n) is 12.0. The lowest BCUT2D eigenvalue weighted by Gasteiger charge is -2.25. The number of likely N-dealkylation sites (N-methyl/N-ethyl adjacent to an activating group) is 1. The van der Waals surface area contributed by atoms with Crippen molar-refractivity contribution in [3.05, 3.63) is 35.9 Å². The minimum absolute atomic E-state index is 0.0377. The van der Waals surface area contributed by atoms with Crippen LogP contribution < -0.4 is 10.6 Å². The van der Waals surface area contributed by atoms with Gasteiger partial charge in [-0.25, -0.2) is 0 Å². The van der Waals surface area contributed by atoms with Crippen LogP contribution in [0.3, 0.4) is 0 Å². The molecule has 3 atom stereocenters. The van der Waals surface area contributed by atoms with E-state index < -0.39 is 6.10 Å². The van der Waals surface area contributed by atoms with Crippen molar-refractivity contribution in [2.24, 2.45) is 0 Å². The molecule has 0 spiro atoms. The summed E-state index contributed by atoms with van der Waals surface area (Å²) in [6.45, 7) is 1.05. The Balaban J connectivity index is 1.91. The summed E-state index contributed by atoms with van der Waals surface area (Å²) >= 11 is 0. The molecule has 2 rings (SSSR count). The summed E-state index contributed by atoms with van der Waals surface area (Å²) < 4.78 is 0. The molecule has 0 unspecified atom stereocenters. The quantitative estimate of drug-likeness (QED) is 0.716. The van der Waals surface area contributed by atoms with Crippen LogP contribution in [0.25, 0.3) is 0 Å². The SMILES string of the molecule is CN(C)[C@H](CNC(=O)[C@H]1C[C@H](O)CN1)c1ccccc1. The van der Waals surface area contributed by atoms with E-state index in [0.29, 0.717) is 19.5 Å². The van der Waals surface area contributed by atoms with E-state index in [2.05, 4.69) is 27.7 Å². The Kier molecular flexibility index (Phi) is 5.11. The highest BCUT2D eigenvalue weighted by Gasteiger charge is 2.28. The number of rotatable bonds is 5. The summed E-state index contributed by atoms with van der Waals surface area (Å²) in [5.74, 6) is -0.0377. The predicted molar refractivity (Wildman–Crippen MR) is 78.3 cm³/mol. The van der Waals surface area contributed by atoms with Crippen molar-refractivity contribution in [2.75, 3.05) is 27.2 Å². The highest BCUT2D eigenvalue weighted by Crippen LogP contribution is 2.17. The van der Waals surface area contributed by atoms with Gasteiger partial charge in [0.1, 0.15) is 0 Å². The largest absolute Gasteiger partial charge is 0.392 e. The molecule has 0 aliphatic carbocycles. The standard InChI is InChI=1S/C15H23N3O2/c1-18(2)14(11-6-4-3-5-7-11)10-17-15(20)13-8-12(19)9-16-13/h3-7,12-14,16,19H,8-10H2,1-2H3,(H,17,20)/t12-,13+,14+/m0/s1. The van der Waals surface area contributed by atoms with E-state index in [1.807, 2.05) is 32.3 Å². The van der Waals surface area contributed by atoms with Crippen LogP contribution >= 0.6 is 0 Å². The fourth-order valence-corrected chi connectivity index (χ4v) is 2.51. The van der Waals surface area contributed by atoms with E-state index in [0.717, 1.165) is 0 Å². The smallest absolute Gasteiger partial charge is 0.237 e. The van der Waals surface area contributed by atoms with E-state index >= 15 is 0 Å². The number of carbonyl (C=O) groups is 1. The number of hydrogen-bond donors (Lipinski definition) is 3. The molecule has 5 nitrogen and oxygen atoms in total. The fraction of sp³-hybridized carbons (Fsp3) is 0.533. The average Bonchev–Trinajstić information content (AvgIpc) is 2.86. The second-order valence-corrected chi connectivity index (χ2v) is 5.49. The number of hydrogen-bond acceptors (Lipinski definition) is 4. The van der Waals surface area contributed by atoms with Crippen LogP contribution in [-0.2, 0) is 4.79 Å². The van der Waals surface area contributed by atoms with Crippen LogP contribution in [-0.4, -0.2) is 55.2 Å². The average molecular weight is 277 g/mol. The maximum atomic E-state index is 12.0. The van der Waals surface area contributed by atoms with Gasteiger partial charge in [0, 0.05) is 13.1 Å². The maximum Gasteiger partial charge on any atom is 0.237 e. The number of nitrogens with zero attached hydrogens (tertiary/aromatic N) is 1. The summed E-state index contributed by atoms with van der Waals surface area (Å²) in [5, 5.41) is 15.4. The molecule has 0 bridgehead atoms. The van der Waals surface area contributed by atoms with E-state index in [-0.39, 0.29) is 18.0 Å². The molecule has 1 aromatic carbocycles. The second-order valence-electron chi connectivity index (χ2n) is 5.49. The van der Waals surface area contributed by atoms with Crippen LogP contribution in [0.1, 0.15) is 18.0 Å². The van der Waals surface area contributed by atoms with E-state index in [1.165, 1.54) is 5.56 Å². The lowest BCUT2D eigenvalue weighted by atomic mass is 10.1. The monoisotopic (exact) mass is 277 g/mol. The molecule has 0 aromatic heterocycles. The highest BCUT2D eigenvalue weighted by molar-refractivity contribution is 5.82. The number of carbonyl (C=O) groups excluding carboxylic acids is 1. The minimum Gasteiger partial charge on any atom is -0.392 e. The van der Waals surface area contributed by atoms with E-state index in [1.54, 1.807) is 0 Å². The summed E-state index contributed by atoms with van der Waals surface area (Å²) in [7, 11) is 4.00. The zero-order chi connectivity index (χ0) is 14.5. The van der Waals surface area contributed by atoms with E-state index in [9.17, 15) is 9.90 Å². The molecule has 1 fully saturated rings. The van der Waals surface area contributed by atoms with Gasteiger partial charge in [-0.2, -0.15) is 0 Å². The van der Waals surface area contributed by atoms with Crippen molar-refractivity contribution in [2.45, 2.75) is 24.6 Å². The van der Waals surface area contributed by atoms with Crippen LogP contribution in [0.2, 0.25) is 0 Å². The van der Waals surface area contributed by atoms with Gasteiger partial charge >= 0.3 is 0 Å². The van der Waals surface area contributed by atoms with Crippen LogP contribution in [0.4, 0.5) is 0 Å². The number of β-amino-alcohol motifs (C(OH)–C–C–N with tert-alkyl or cyclic N) is 1. The summed E-state index contributed by atoms with van der Waals surface area (Å²) in [6.07, 6.45) is 0.0774. The van der Waals surface area contributed by atoms with Gasteiger partial charge in [0.25, 0.3) is 0 Å². The number of aliphatic hydroxyl groups is 1. The van der Waals surface area contributed by atoms with Crippen molar-refractivity contribution in [3.8, 4) is 0 Å². The van der Waals surface area contributed by atoms with Crippen LogP contribution in [0.15, 0.2) is 30.3 Å². The van der Waals surface area contributed by atoms with Crippen molar-refractivity contribution in [3.63, 3.8) is 0 Å². The molecular weight excluding hydrogens is 254 g/mol. The fourth-order valence-electron chi connectivity index (χ4n) is 2.51. The molecule has 1 aliphatic rings. The predicted octanol–water partition coefficient (Wildman–Crippen LogP) is 0.128. The number of nitrogens with one attached hydrogen (secondary N) is 2. The van der Waals surface area contributed by atoms with Gasteiger partial charge in [-0.05, 0) is 26.1 Å².